The van der Waals surface area contributed by atoms with E-state index in [1.807, 2.05) is 13.0 Å². The third-order valence-corrected chi connectivity index (χ3v) is 5.45. The molecule has 3 heterocycles. The van der Waals surface area contributed by atoms with E-state index in [4.69, 9.17) is 14.6 Å². The molecule has 0 unspecified atom stereocenters. The SMILES string of the molecule is CCOC(=O)c1cnc(Nc2cc(N3CCC(COCC(=O)O)CC3)nc(C)n2)s1. The number of aromatic nitrogens is 3. The first-order chi connectivity index (χ1) is 14.4. The zero-order valence-electron chi connectivity index (χ0n) is 17.0. The first kappa shape index (κ1) is 21.9. The first-order valence-electron chi connectivity index (χ1n) is 9.74. The summed E-state index contributed by atoms with van der Waals surface area (Å²) in [6.45, 7) is 5.72. The molecular formula is C19H25N5O5S. The molecule has 30 heavy (non-hydrogen) atoms. The number of hydrogen-bond donors (Lipinski definition) is 2. The summed E-state index contributed by atoms with van der Waals surface area (Å²) in [5.74, 6) is 1.06. The topological polar surface area (TPSA) is 127 Å². The van der Waals surface area contributed by atoms with Gasteiger partial charge in [0.05, 0.1) is 19.4 Å². The predicted octanol–water partition coefficient (Wildman–Crippen LogP) is 2.48. The number of nitrogens with one attached hydrogen (secondary N) is 1. The van der Waals surface area contributed by atoms with E-state index in [0.717, 1.165) is 31.7 Å². The second kappa shape index (κ2) is 10.3. The van der Waals surface area contributed by atoms with Crippen LogP contribution in [0.1, 0.15) is 35.3 Å². The molecule has 1 aliphatic heterocycles. The molecule has 2 aromatic rings. The van der Waals surface area contributed by atoms with Gasteiger partial charge in [-0.15, -0.1) is 0 Å². The second-order valence-electron chi connectivity index (χ2n) is 6.87. The molecule has 1 saturated heterocycles. The van der Waals surface area contributed by atoms with Crippen LogP contribution in [0.2, 0.25) is 0 Å². The number of hydrogen-bond acceptors (Lipinski definition) is 10. The number of rotatable bonds is 9. The average Bonchev–Trinajstić information content (AvgIpc) is 3.16. The molecule has 3 rings (SSSR count). The maximum absolute atomic E-state index is 11.8. The van der Waals surface area contributed by atoms with Crippen molar-refractivity contribution in [2.45, 2.75) is 26.7 Å². The lowest BCUT2D eigenvalue weighted by Gasteiger charge is -2.32. The van der Waals surface area contributed by atoms with Gasteiger partial charge in [-0.25, -0.2) is 24.5 Å². The van der Waals surface area contributed by atoms with Crippen LogP contribution in [0.25, 0.3) is 0 Å². The van der Waals surface area contributed by atoms with Gasteiger partial charge in [0.2, 0.25) is 0 Å². The van der Waals surface area contributed by atoms with Crippen molar-refractivity contribution in [3.8, 4) is 0 Å². The highest BCUT2D eigenvalue weighted by atomic mass is 32.1. The normalized spacial score (nSPS) is 14.5. The molecule has 0 amide bonds. The Morgan fingerprint density at radius 1 is 1.33 bits per heavy atom. The summed E-state index contributed by atoms with van der Waals surface area (Å²) in [5.41, 5.74) is 0. The number of ether oxygens (including phenoxy) is 2. The van der Waals surface area contributed by atoms with Gasteiger partial charge < -0.3 is 24.8 Å². The van der Waals surface area contributed by atoms with E-state index in [0.29, 0.717) is 40.8 Å². The maximum atomic E-state index is 11.8. The van der Waals surface area contributed by atoms with Gasteiger partial charge in [0.1, 0.15) is 28.9 Å². The van der Waals surface area contributed by atoms with Gasteiger partial charge in [-0.1, -0.05) is 11.3 Å². The van der Waals surface area contributed by atoms with Gasteiger partial charge in [-0.3, -0.25) is 0 Å². The highest BCUT2D eigenvalue weighted by molar-refractivity contribution is 7.17. The summed E-state index contributed by atoms with van der Waals surface area (Å²) in [6, 6.07) is 1.86. The van der Waals surface area contributed by atoms with Crippen LogP contribution in [0.5, 0.6) is 0 Å². The zero-order chi connectivity index (χ0) is 21.5. The highest BCUT2D eigenvalue weighted by Gasteiger charge is 2.21. The van der Waals surface area contributed by atoms with Crippen molar-refractivity contribution < 1.29 is 24.2 Å². The van der Waals surface area contributed by atoms with Gasteiger partial charge in [-0.2, -0.15) is 0 Å². The van der Waals surface area contributed by atoms with E-state index < -0.39 is 11.9 Å². The molecule has 1 fully saturated rings. The number of carboxylic acids is 1. The molecule has 0 aromatic carbocycles. The summed E-state index contributed by atoms with van der Waals surface area (Å²) in [7, 11) is 0. The number of esters is 1. The van der Waals surface area contributed by atoms with Gasteiger partial charge in [-0.05, 0) is 32.6 Å². The lowest BCUT2D eigenvalue weighted by atomic mass is 9.98. The minimum atomic E-state index is -0.946. The number of aliphatic carboxylic acids is 1. The van der Waals surface area contributed by atoms with Crippen LogP contribution >= 0.6 is 11.3 Å². The van der Waals surface area contributed by atoms with E-state index >= 15 is 0 Å². The summed E-state index contributed by atoms with van der Waals surface area (Å²) in [5, 5.41) is 12.4. The average molecular weight is 436 g/mol. The van der Waals surface area contributed by atoms with Crippen molar-refractivity contribution in [2.24, 2.45) is 5.92 Å². The largest absolute Gasteiger partial charge is 0.480 e. The number of piperidine rings is 1. The van der Waals surface area contributed by atoms with Gasteiger partial charge in [0.15, 0.2) is 5.13 Å². The lowest BCUT2D eigenvalue weighted by molar-refractivity contribution is -0.142. The Bertz CT molecular complexity index is 882. The third kappa shape index (κ3) is 6.10. The Morgan fingerprint density at radius 2 is 2.10 bits per heavy atom. The predicted molar refractivity (Wildman–Crippen MR) is 112 cm³/mol. The number of thiazole rings is 1. The number of carbonyl (C=O) groups excluding carboxylic acids is 1. The van der Waals surface area contributed by atoms with E-state index in [1.54, 1.807) is 6.92 Å². The van der Waals surface area contributed by atoms with E-state index in [-0.39, 0.29) is 6.61 Å². The Kier molecular flexibility index (Phi) is 7.52. The van der Waals surface area contributed by atoms with E-state index in [1.165, 1.54) is 17.5 Å². The fourth-order valence-electron chi connectivity index (χ4n) is 3.16. The number of nitrogens with zero attached hydrogens (tertiary/aromatic N) is 4. The fraction of sp³-hybridized carbons (Fsp3) is 0.526. The number of aryl methyl sites for hydroxylation is 1. The van der Waals surface area contributed by atoms with Crippen LogP contribution in [0.4, 0.5) is 16.8 Å². The Balaban J connectivity index is 1.59. The molecule has 0 aliphatic carbocycles. The lowest BCUT2D eigenvalue weighted by Crippen LogP contribution is -2.36. The molecule has 0 spiro atoms. The Labute approximate surface area is 178 Å². The first-order valence-corrected chi connectivity index (χ1v) is 10.6. The molecule has 2 N–H and O–H groups in total. The molecule has 0 saturated carbocycles. The number of anilines is 3. The monoisotopic (exact) mass is 435 g/mol. The molecule has 2 aromatic heterocycles. The van der Waals surface area contributed by atoms with E-state index in [9.17, 15) is 9.59 Å². The molecule has 0 radical (unpaired) electrons. The van der Waals surface area contributed by atoms with Crippen molar-refractivity contribution >= 4 is 40.0 Å². The minimum Gasteiger partial charge on any atom is -0.480 e. The molecule has 10 nitrogen and oxygen atoms in total. The summed E-state index contributed by atoms with van der Waals surface area (Å²) < 4.78 is 10.2. The minimum absolute atomic E-state index is 0.255. The van der Waals surface area contributed by atoms with Crippen molar-refractivity contribution in [1.29, 1.82) is 0 Å². The van der Waals surface area contributed by atoms with Crippen LogP contribution in [0.15, 0.2) is 12.3 Å². The fourth-order valence-corrected chi connectivity index (χ4v) is 3.87. The quantitative estimate of drug-likeness (QED) is 0.567. The standard InChI is InChI=1S/C19H25N5O5S/c1-3-29-18(27)14-9-20-19(30-14)23-15-8-16(22-12(2)21-15)24-6-4-13(5-7-24)10-28-11-17(25)26/h8-9,13H,3-7,10-11H2,1-2H3,(H,25,26)(H,20,21,22,23). The van der Waals surface area contributed by atoms with Crippen molar-refractivity contribution in [1.82, 2.24) is 15.0 Å². The second-order valence-corrected chi connectivity index (χ2v) is 7.90. The molecule has 0 atom stereocenters. The Hall–Kier alpha value is -2.79. The molecule has 11 heteroatoms. The van der Waals surface area contributed by atoms with Crippen LogP contribution in [-0.2, 0) is 14.3 Å². The van der Waals surface area contributed by atoms with Gasteiger partial charge in [0, 0.05) is 19.2 Å². The van der Waals surface area contributed by atoms with Crippen molar-refractivity contribution in [2.75, 3.05) is 43.1 Å². The van der Waals surface area contributed by atoms with Gasteiger partial charge >= 0.3 is 11.9 Å². The summed E-state index contributed by atoms with van der Waals surface area (Å²) in [4.78, 5) is 38.1. The number of carboxylic acid groups (broad SMARTS) is 1. The molecule has 1 aliphatic rings. The molecule has 0 bridgehead atoms. The third-order valence-electron chi connectivity index (χ3n) is 4.56. The summed E-state index contributed by atoms with van der Waals surface area (Å²) >= 11 is 1.21. The highest BCUT2D eigenvalue weighted by Crippen LogP contribution is 2.27. The molecular weight excluding hydrogens is 410 g/mol. The van der Waals surface area contributed by atoms with Crippen LogP contribution in [0.3, 0.4) is 0 Å². The van der Waals surface area contributed by atoms with Gasteiger partial charge in [0.25, 0.3) is 0 Å². The van der Waals surface area contributed by atoms with Crippen LogP contribution < -0.4 is 10.2 Å². The maximum Gasteiger partial charge on any atom is 0.350 e. The Morgan fingerprint density at radius 3 is 2.80 bits per heavy atom. The zero-order valence-corrected chi connectivity index (χ0v) is 17.8. The summed E-state index contributed by atoms with van der Waals surface area (Å²) in [6.07, 6.45) is 3.29. The smallest absolute Gasteiger partial charge is 0.350 e. The van der Waals surface area contributed by atoms with Crippen LogP contribution in [0, 0.1) is 12.8 Å². The van der Waals surface area contributed by atoms with E-state index in [2.05, 4.69) is 25.2 Å². The molecule has 162 valence electrons. The van der Waals surface area contributed by atoms with Crippen LogP contribution in [-0.4, -0.2) is 64.9 Å². The van der Waals surface area contributed by atoms with Crippen molar-refractivity contribution in [3.05, 3.63) is 23.0 Å². The number of carbonyl (C=O) groups is 2. The van der Waals surface area contributed by atoms with Crippen molar-refractivity contribution in [3.63, 3.8) is 0 Å².